The average molecular weight is 434 g/mol. The van der Waals surface area contributed by atoms with E-state index in [1.165, 1.54) is 44.9 Å². The van der Waals surface area contributed by atoms with Gasteiger partial charge in [-0.25, -0.2) is 0 Å². The van der Waals surface area contributed by atoms with Crippen molar-refractivity contribution in [2.24, 2.45) is 51.5 Å². The lowest BCUT2D eigenvalue weighted by Gasteiger charge is -2.63. The third-order valence-electron chi connectivity index (χ3n) is 11.0. The summed E-state index contributed by atoms with van der Waals surface area (Å²) >= 11 is 0. The van der Waals surface area contributed by atoms with Crippen molar-refractivity contribution in [3.05, 3.63) is 0 Å². The molecule has 4 fully saturated rings. The van der Waals surface area contributed by atoms with E-state index in [4.69, 9.17) is 0 Å². The van der Waals surface area contributed by atoms with E-state index in [0.29, 0.717) is 41.7 Å². The summed E-state index contributed by atoms with van der Waals surface area (Å²) in [4.78, 5) is 0. The molecule has 4 aliphatic rings. The Morgan fingerprint density at radius 2 is 1.74 bits per heavy atom. The lowest BCUT2D eigenvalue weighted by molar-refractivity contribution is -0.170. The first-order valence-electron chi connectivity index (χ1n) is 13.2. The quantitative estimate of drug-likeness (QED) is 0.366. The second-order valence-electron chi connectivity index (χ2n) is 12.8. The predicted molar refractivity (Wildman–Crippen MR) is 125 cm³/mol. The molecular formula is C27H47NO3. The minimum Gasteiger partial charge on any atom is -0.411 e. The van der Waals surface area contributed by atoms with Crippen molar-refractivity contribution in [1.82, 2.24) is 0 Å². The Balaban J connectivity index is 1.57. The Hall–Kier alpha value is -0.610. The Morgan fingerprint density at radius 1 is 1.00 bits per heavy atom. The van der Waals surface area contributed by atoms with Crippen molar-refractivity contribution in [2.45, 2.75) is 117 Å². The first-order valence-corrected chi connectivity index (χ1v) is 13.2. The molecule has 4 nitrogen and oxygen atoms in total. The highest BCUT2D eigenvalue weighted by atomic mass is 16.4. The van der Waals surface area contributed by atoms with E-state index in [-0.39, 0.29) is 5.41 Å². The molecule has 31 heavy (non-hydrogen) atoms. The van der Waals surface area contributed by atoms with Crippen molar-refractivity contribution in [1.29, 1.82) is 0 Å². The molecule has 0 bridgehead atoms. The maximum absolute atomic E-state index is 11.8. The molecule has 4 heteroatoms. The molecule has 0 amide bonds. The summed E-state index contributed by atoms with van der Waals surface area (Å²) in [5.74, 6) is 3.98. The van der Waals surface area contributed by atoms with Crippen LogP contribution >= 0.6 is 0 Å². The molecule has 3 N–H and O–H groups in total. The fourth-order valence-electron chi connectivity index (χ4n) is 9.19. The summed E-state index contributed by atoms with van der Waals surface area (Å²) in [7, 11) is 0. The molecule has 4 rings (SSSR count). The highest BCUT2D eigenvalue weighted by Crippen LogP contribution is 2.68. The lowest BCUT2D eigenvalue weighted by Crippen LogP contribution is -2.67. The molecule has 4 aliphatic carbocycles. The highest BCUT2D eigenvalue weighted by Gasteiger charge is 2.67. The molecule has 178 valence electrons. The molecule has 0 aromatic rings. The smallest absolute Gasteiger partial charge is 0.114 e. The molecule has 0 unspecified atom stereocenters. The van der Waals surface area contributed by atoms with E-state index in [0.717, 1.165) is 30.6 Å². The minimum atomic E-state index is -1.16. The van der Waals surface area contributed by atoms with Gasteiger partial charge in [0.15, 0.2) is 0 Å². The number of fused-ring (bicyclic) bond motifs is 5. The summed E-state index contributed by atoms with van der Waals surface area (Å²) < 4.78 is 0. The van der Waals surface area contributed by atoms with Gasteiger partial charge >= 0.3 is 0 Å². The second kappa shape index (κ2) is 8.31. The van der Waals surface area contributed by atoms with Crippen LogP contribution in [0.5, 0.6) is 0 Å². The Bertz CT molecular complexity index is 692. The zero-order chi connectivity index (χ0) is 22.6. The van der Waals surface area contributed by atoms with Crippen molar-refractivity contribution in [3.63, 3.8) is 0 Å². The van der Waals surface area contributed by atoms with E-state index < -0.39 is 11.7 Å². The summed E-state index contributed by atoms with van der Waals surface area (Å²) in [5, 5.41) is 35.7. The summed E-state index contributed by atoms with van der Waals surface area (Å²) in [6.07, 6.45) is 11.2. The number of hydrogen-bond donors (Lipinski definition) is 3. The monoisotopic (exact) mass is 433 g/mol. The van der Waals surface area contributed by atoms with Crippen molar-refractivity contribution in [2.75, 3.05) is 0 Å². The van der Waals surface area contributed by atoms with E-state index in [9.17, 15) is 15.4 Å². The first-order chi connectivity index (χ1) is 14.6. The van der Waals surface area contributed by atoms with E-state index in [1.807, 2.05) is 0 Å². The second-order valence-corrected chi connectivity index (χ2v) is 12.8. The fraction of sp³-hybridized carbons (Fsp3) is 0.963. The Labute approximate surface area is 189 Å². The molecular weight excluding hydrogens is 386 g/mol. The van der Waals surface area contributed by atoms with Gasteiger partial charge in [-0.15, -0.1) is 0 Å². The van der Waals surface area contributed by atoms with E-state index >= 15 is 0 Å². The predicted octanol–water partition coefficient (Wildman–Crippen LogP) is 6.02. The number of oxime groups is 1. The number of rotatable bonds is 5. The largest absolute Gasteiger partial charge is 0.411 e. The van der Waals surface area contributed by atoms with Gasteiger partial charge in [0, 0.05) is 11.8 Å². The Kier molecular flexibility index (Phi) is 6.31. The molecule has 0 saturated heterocycles. The van der Waals surface area contributed by atoms with Crippen molar-refractivity contribution < 1.29 is 15.4 Å². The van der Waals surface area contributed by atoms with Gasteiger partial charge in [-0.2, -0.15) is 0 Å². The molecule has 0 heterocycles. The van der Waals surface area contributed by atoms with Crippen LogP contribution in [-0.2, 0) is 0 Å². The van der Waals surface area contributed by atoms with Crippen LogP contribution < -0.4 is 0 Å². The van der Waals surface area contributed by atoms with Crippen LogP contribution in [0.1, 0.15) is 105 Å². The molecule has 0 aliphatic heterocycles. The van der Waals surface area contributed by atoms with Gasteiger partial charge in [0.1, 0.15) is 5.60 Å². The molecule has 0 spiro atoms. The van der Waals surface area contributed by atoms with Crippen molar-refractivity contribution in [3.8, 4) is 0 Å². The molecule has 4 saturated carbocycles. The molecule has 0 radical (unpaired) electrons. The van der Waals surface area contributed by atoms with Gasteiger partial charge in [0.25, 0.3) is 0 Å². The zero-order valence-electron chi connectivity index (χ0n) is 20.6. The summed E-state index contributed by atoms with van der Waals surface area (Å²) in [6.45, 7) is 11.9. The van der Waals surface area contributed by atoms with Gasteiger partial charge in [0.2, 0.25) is 0 Å². The number of aliphatic hydroxyl groups is 2. The highest BCUT2D eigenvalue weighted by molar-refractivity contribution is 5.94. The lowest BCUT2D eigenvalue weighted by atomic mass is 9.42. The summed E-state index contributed by atoms with van der Waals surface area (Å²) in [6, 6.07) is 0. The zero-order valence-corrected chi connectivity index (χ0v) is 20.6. The van der Waals surface area contributed by atoms with Gasteiger partial charge in [-0.1, -0.05) is 59.0 Å². The maximum atomic E-state index is 11.8. The van der Waals surface area contributed by atoms with E-state index in [2.05, 4.69) is 39.8 Å². The van der Waals surface area contributed by atoms with Gasteiger partial charge in [-0.3, -0.25) is 0 Å². The Morgan fingerprint density at radius 3 is 2.42 bits per heavy atom. The van der Waals surface area contributed by atoms with Crippen LogP contribution in [-0.4, -0.2) is 32.8 Å². The van der Waals surface area contributed by atoms with Crippen LogP contribution in [0.25, 0.3) is 0 Å². The molecule has 0 aromatic carbocycles. The molecule has 9 atom stereocenters. The SMILES string of the molecule is CC(C)CCC[C@@H](C)[C@H]1CC[C@H]2[C@@H]3C/C(=N\O)[C@@]4(O)C[C@@H](O)CC[C@]4(C)[C@H]3CC[C@]12C. The topological polar surface area (TPSA) is 73.1 Å². The minimum absolute atomic E-state index is 0.293. The number of hydrogen-bond acceptors (Lipinski definition) is 4. The first kappa shape index (κ1) is 23.5. The fourth-order valence-corrected chi connectivity index (χ4v) is 9.19. The van der Waals surface area contributed by atoms with Crippen molar-refractivity contribution >= 4 is 5.71 Å². The average Bonchev–Trinajstić information content (AvgIpc) is 3.05. The van der Waals surface area contributed by atoms with Crippen LogP contribution in [0.3, 0.4) is 0 Å². The third kappa shape index (κ3) is 3.59. The summed E-state index contributed by atoms with van der Waals surface area (Å²) in [5.41, 5.74) is -0.526. The standard InChI is InChI=1S/C27H47NO3/c1-17(2)7-6-8-18(3)21-9-10-22-20-15-24(28-31)27(30)16-19(29)11-14-26(27,5)23(20)12-13-25(21,22)4/h17-23,29-31H,6-16H2,1-5H3/b28-24+/t18-,19+,20+,21-,22+,23+,25-,26-,27+/m1/s1. The van der Waals surface area contributed by atoms with Crippen LogP contribution in [0.4, 0.5) is 0 Å². The number of nitrogens with zero attached hydrogens (tertiary/aromatic N) is 1. The maximum Gasteiger partial charge on any atom is 0.114 e. The van der Waals surface area contributed by atoms with Crippen LogP contribution in [0.2, 0.25) is 0 Å². The van der Waals surface area contributed by atoms with Crippen LogP contribution in [0, 0.1) is 46.3 Å². The third-order valence-corrected chi connectivity index (χ3v) is 11.0. The normalized spacial score (nSPS) is 49.5. The van der Waals surface area contributed by atoms with Crippen LogP contribution in [0.15, 0.2) is 5.16 Å². The van der Waals surface area contributed by atoms with Gasteiger partial charge in [-0.05, 0) is 85.9 Å². The van der Waals surface area contributed by atoms with Gasteiger partial charge in [0.05, 0.1) is 11.8 Å². The van der Waals surface area contributed by atoms with Gasteiger partial charge < -0.3 is 15.4 Å². The number of aliphatic hydroxyl groups excluding tert-OH is 1. The van der Waals surface area contributed by atoms with E-state index in [1.54, 1.807) is 0 Å². The molecule has 0 aromatic heterocycles.